The lowest BCUT2D eigenvalue weighted by molar-refractivity contribution is 0.0384. The number of aromatic nitrogens is 1. The van der Waals surface area contributed by atoms with Crippen molar-refractivity contribution in [3.05, 3.63) is 10.6 Å². The zero-order valence-corrected chi connectivity index (χ0v) is 11.7. The maximum atomic E-state index is 6.17. The molecule has 1 aliphatic heterocycles. The van der Waals surface area contributed by atoms with Gasteiger partial charge >= 0.3 is 0 Å². The Balaban J connectivity index is 1.80. The first-order valence-corrected chi connectivity index (χ1v) is 7.71. The van der Waals surface area contributed by atoms with Crippen molar-refractivity contribution in [1.82, 2.24) is 4.98 Å². The summed E-state index contributed by atoms with van der Waals surface area (Å²) >= 11 is 1.80. The van der Waals surface area contributed by atoms with Crippen LogP contribution in [0.5, 0.6) is 0 Å². The first kappa shape index (κ1) is 12.4. The summed E-state index contributed by atoms with van der Waals surface area (Å²) in [4.78, 5) is 8.49. The molecule has 1 saturated heterocycles. The monoisotopic (exact) mass is 267 g/mol. The summed E-state index contributed by atoms with van der Waals surface area (Å²) < 4.78 is 5.71. The number of nitrogens with two attached hydrogens (primary N) is 1. The number of aryl methyl sites for hydroxylation is 1. The molecule has 5 heteroatoms. The molecule has 18 heavy (non-hydrogen) atoms. The third-order valence-electron chi connectivity index (χ3n) is 3.85. The highest BCUT2D eigenvalue weighted by Crippen LogP contribution is 2.36. The first-order chi connectivity index (χ1) is 8.78. The second-order valence-corrected chi connectivity index (χ2v) is 6.16. The average molecular weight is 267 g/mol. The molecule has 1 aromatic rings. The van der Waals surface area contributed by atoms with Gasteiger partial charge in [0.2, 0.25) is 0 Å². The fourth-order valence-electron chi connectivity index (χ4n) is 2.72. The van der Waals surface area contributed by atoms with Gasteiger partial charge in [0.25, 0.3) is 0 Å². The van der Waals surface area contributed by atoms with Crippen LogP contribution < -0.4 is 10.6 Å². The summed E-state index contributed by atoms with van der Waals surface area (Å²) in [6, 6.07) is 0.211. The molecule has 0 spiro atoms. The zero-order chi connectivity index (χ0) is 12.5. The van der Waals surface area contributed by atoms with Crippen molar-refractivity contribution in [3.63, 3.8) is 0 Å². The first-order valence-electron chi connectivity index (χ1n) is 6.89. The van der Waals surface area contributed by atoms with E-state index in [9.17, 15) is 0 Å². The third-order valence-corrected chi connectivity index (χ3v) is 5.14. The molecule has 2 unspecified atom stereocenters. The van der Waals surface area contributed by atoms with Crippen LogP contribution in [0.2, 0.25) is 0 Å². The zero-order valence-electron chi connectivity index (χ0n) is 10.9. The minimum Gasteiger partial charge on any atom is -0.375 e. The van der Waals surface area contributed by atoms with Crippen LogP contribution in [0.3, 0.4) is 0 Å². The summed E-state index contributed by atoms with van der Waals surface area (Å²) in [6.45, 7) is 4.92. The van der Waals surface area contributed by atoms with Crippen molar-refractivity contribution in [1.29, 1.82) is 0 Å². The predicted molar refractivity (Wildman–Crippen MR) is 74.2 cm³/mol. The number of nitrogens with zero attached hydrogens (tertiary/aromatic N) is 2. The molecule has 100 valence electrons. The van der Waals surface area contributed by atoms with Gasteiger partial charge in [0, 0.05) is 24.0 Å². The maximum absolute atomic E-state index is 6.17. The SMILES string of the molecule is CCC1CN(c2nc3c(s2)C(N)CCC3)CCO1. The molecule has 1 fully saturated rings. The second-order valence-electron chi connectivity index (χ2n) is 5.15. The number of fused-ring (bicyclic) bond motifs is 1. The molecule has 0 bridgehead atoms. The molecule has 1 aliphatic carbocycles. The Morgan fingerprint density at radius 2 is 2.44 bits per heavy atom. The molecule has 2 atom stereocenters. The van der Waals surface area contributed by atoms with Gasteiger partial charge in [-0.1, -0.05) is 18.3 Å². The van der Waals surface area contributed by atoms with Gasteiger partial charge in [-0.05, 0) is 25.7 Å². The van der Waals surface area contributed by atoms with Gasteiger partial charge in [0.15, 0.2) is 5.13 Å². The summed E-state index contributed by atoms with van der Waals surface area (Å²) in [7, 11) is 0. The largest absolute Gasteiger partial charge is 0.375 e. The molecule has 1 aromatic heterocycles. The van der Waals surface area contributed by atoms with Crippen molar-refractivity contribution in [2.75, 3.05) is 24.6 Å². The minimum absolute atomic E-state index is 0.211. The Morgan fingerprint density at radius 1 is 1.56 bits per heavy atom. The van der Waals surface area contributed by atoms with Gasteiger partial charge in [-0.3, -0.25) is 0 Å². The molecule has 0 amide bonds. The Hall–Kier alpha value is -0.650. The van der Waals surface area contributed by atoms with Crippen LogP contribution in [-0.4, -0.2) is 30.8 Å². The number of morpholine rings is 1. The number of hydrogen-bond acceptors (Lipinski definition) is 5. The molecular formula is C13H21N3OS. The van der Waals surface area contributed by atoms with Crippen LogP contribution in [0.1, 0.15) is 42.8 Å². The highest BCUT2D eigenvalue weighted by molar-refractivity contribution is 7.15. The molecule has 3 rings (SSSR count). The Labute approximate surface area is 112 Å². The van der Waals surface area contributed by atoms with E-state index in [1.807, 2.05) is 0 Å². The van der Waals surface area contributed by atoms with Crippen molar-refractivity contribution in [2.45, 2.75) is 44.8 Å². The van der Waals surface area contributed by atoms with Gasteiger partial charge in [0.05, 0.1) is 18.4 Å². The van der Waals surface area contributed by atoms with Crippen molar-refractivity contribution >= 4 is 16.5 Å². The number of thiazole rings is 1. The third kappa shape index (κ3) is 2.27. The van der Waals surface area contributed by atoms with E-state index in [0.29, 0.717) is 6.10 Å². The van der Waals surface area contributed by atoms with Crippen molar-refractivity contribution in [3.8, 4) is 0 Å². The fourth-order valence-corrected chi connectivity index (χ4v) is 3.90. The van der Waals surface area contributed by atoms with E-state index < -0.39 is 0 Å². The number of rotatable bonds is 2. The summed E-state index contributed by atoms with van der Waals surface area (Å²) in [6.07, 6.45) is 4.81. The molecule has 0 radical (unpaired) electrons. The summed E-state index contributed by atoms with van der Waals surface area (Å²) in [5.74, 6) is 0. The smallest absolute Gasteiger partial charge is 0.186 e. The van der Waals surface area contributed by atoms with Crippen LogP contribution in [0.15, 0.2) is 0 Å². The quantitative estimate of drug-likeness (QED) is 0.891. The van der Waals surface area contributed by atoms with E-state index in [0.717, 1.165) is 44.1 Å². The molecule has 2 heterocycles. The highest BCUT2D eigenvalue weighted by Gasteiger charge is 2.26. The van der Waals surface area contributed by atoms with Crippen LogP contribution in [0.4, 0.5) is 5.13 Å². The maximum Gasteiger partial charge on any atom is 0.186 e. The number of ether oxygens (including phenoxy) is 1. The van der Waals surface area contributed by atoms with Crippen LogP contribution in [0.25, 0.3) is 0 Å². The lowest BCUT2D eigenvalue weighted by Gasteiger charge is -2.32. The average Bonchev–Trinajstić information content (AvgIpc) is 2.84. The van der Waals surface area contributed by atoms with Crippen LogP contribution >= 0.6 is 11.3 Å². The summed E-state index contributed by atoms with van der Waals surface area (Å²) in [5, 5.41) is 1.15. The van der Waals surface area contributed by atoms with Gasteiger partial charge in [-0.25, -0.2) is 4.98 Å². The summed E-state index contributed by atoms with van der Waals surface area (Å²) in [5.41, 5.74) is 7.41. The van der Waals surface area contributed by atoms with Gasteiger partial charge < -0.3 is 15.4 Å². The Kier molecular flexibility index (Phi) is 3.54. The molecule has 4 nitrogen and oxygen atoms in total. The molecule has 0 saturated carbocycles. The highest BCUT2D eigenvalue weighted by atomic mass is 32.1. The van der Waals surface area contributed by atoms with Gasteiger partial charge in [-0.15, -0.1) is 0 Å². The van der Waals surface area contributed by atoms with Gasteiger partial charge in [0.1, 0.15) is 0 Å². The second kappa shape index (κ2) is 5.15. The van der Waals surface area contributed by atoms with E-state index >= 15 is 0 Å². The van der Waals surface area contributed by atoms with E-state index in [-0.39, 0.29) is 6.04 Å². The van der Waals surface area contributed by atoms with E-state index in [4.69, 9.17) is 15.5 Å². The number of anilines is 1. The molecule has 2 aliphatic rings. The fraction of sp³-hybridized carbons (Fsp3) is 0.769. The molecule has 2 N–H and O–H groups in total. The Bertz CT molecular complexity index is 420. The predicted octanol–water partition coefficient (Wildman–Crippen LogP) is 2.09. The van der Waals surface area contributed by atoms with Crippen LogP contribution in [-0.2, 0) is 11.2 Å². The van der Waals surface area contributed by atoms with E-state index in [1.165, 1.54) is 17.0 Å². The van der Waals surface area contributed by atoms with E-state index in [1.54, 1.807) is 11.3 Å². The van der Waals surface area contributed by atoms with Crippen molar-refractivity contribution < 1.29 is 4.74 Å². The standard InChI is InChI=1S/C13H21N3OS/c1-2-9-8-16(6-7-17-9)13-15-11-5-3-4-10(14)12(11)18-13/h9-10H,2-8,14H2,1H3. The van der Waals surface area contributed by atoms with Gasteiger partial charge in [-0.2, -0.15) is 0 Å². The topological polar surface area (TPSA) is 51.4 Å². The normalized spacial score (nSPS) is 28.2. The van der Waals surface area contributed by atoms with E-state index in [2.05, 4.69) is 11.8 Å². The van der Waals surface area contributed by atoms with Crippen molar-refractivity contribution in [2.24, 2.45) is 5.73 Å². The molecular weight excluding hydrogens is 246 g/mol. The molecule has 0 aromatic carbocycles. The van der Waals surface area contributed by atoms with Crippen LogP contribution in [0, 0.1) is 0 Å². The minimum atomic E-state index is 0.211. The lowest BCUT2D eigenvalue weighted by atomic mass is 9.99. The lowest BCUT2D eigenvalue weighted by Crippen LogP contribution is -2.42. The Morgan fingerprint density at radius 3 is 3.22 bits per heavy atom. The number of hydrogen-bond donors (Lipinski definition) is 1.